The smallest absolute Gasteiger partial charge is 0.224 e. The lowest BCUT2D eigenvalue weighted by Crippen LogP contribution is -2.30. The van der Waals surface area contributed by atoms with E-state index in [1.807, 2.05) is 36.4 Å². The fraction of sp³-hybridized carbons (Fsp3) is 0.0938. The van der Waals surface area contributed by atoms with E-state index in [-0.39, 0.29) is 18.9 Å². The van der Waals surface area contributed by atoms with Crippen molar-refractivity contribution in [1.29, 1.82) is 0 Å². The lowest BCUT2D eigenvalue weighted by molar-refractivity contribution is -0.120. The number of hydrogen-bond acceptors (Lipinski definition) is 3. The monoisotopic (exact) mass is 536 g/mol. The first-order valence-corrected chi connectivity index (χ1v) is 12.7. The molecule has 6 aromatic rings. The molecule has 8 heteroatoms. The van der Waals surface area contributed by atoms with Gasteiger partial charge >= 0.3 is 0 Å². The molecule has 2 N–H and O–H groups in total. The highest BCUT2D eigenvalue weighted by Crippen LogP contribution is 2.33. The summed E-state index contributed by atoms with van der Waals surface area (Å²) in [5.74, 6) is -2.84. The van der Waals surface area contributed by atoms with E-state index in [9.17, 15) is 18.0 Å². The molecule has 1 unspecified atom stereocenters. The first-order chi connectivity index (χ1) is 19.4. The standard InChI is InChI=1S/C32H23F3N4O/c33-23-7-8-30-27(15-23)22(17-38-30)13-31(40)39-18-28(20-11-24(34)14-25(35)12-20)32-26(5-3-9-36-32)21-10-19-4-1-2-6-29(19)37-16-21/h1-12,14-17,28,38H,13,18H2,(H,39,40). The number of benzene rings is 3. The van der Waals surface area contributed by atoms with Gasteiger partial charge in [-0.25, -0.2) is 13.2 Å². The van der Waals surface area contributed by atoms with Crippen molar-refractivity contribution in [2.75, 3.05) is 6.54 Å². The second-order valence-corrected chi connectivity index (χ2v) is 9.59. The summed E-state index contributed by atoms with van der Waals surface area (Å²) in [5, 5.41) is 4.45. The molecule has 0 spiro atoms. The summed E-state index contributed by atoms with van der Waals surface area (Å²) in [6.45, 7) is 0.0312. The number of nitrogens with one attached hydrogen (secondary N) is 2. The molecular weight excluding hydrogens is 513 g/mol. The van der Waals surface area contributed by atoms with Gasteiger partial charge in [0.1, 0.15) is 17.5 Å². The van der Waals surface area contributed by atoms with Crippen LogP contribution in [0, 0.1) is 17.5 Å². The maximum atomic E-state index is 14.3. The highest BCUT2D eigenvalue weighted by atomic mass is 19.1. The molecule has 0 bridgehead atoms. The number of carbonyl (C=O) groups is 1. The molecular formula is C32H23F3N4O. The number of aromatic amines is 1. The summed E-state index contributed by atoms with van der Waals surface area (Å²) in [7, 11) is 0. The zero-order chi connectivity index (χ0) is 27.6. The van der Waals surface area contributed by atoms with E-state index < -0.39 is 23.4 Å². The van der Waals surface area contributed by atoms with Crippen molar-refractivity contribution in [2.45, 2.75) is 12.3 Å². The number of pyridine rings is 2. The predicted molar refractivity (Wildman–Crippen MR) is 148 cm³/mol. The van der Waals surface area contributed by atoms with Gasteiger partial charge in [0, 0.05) is 64.5 Å². The van der Waals surface area contributed by atoms with E-state index in [0.29, 0.717) is 22.2 Å². The Bertz CT molecular complexity index is 1850. The van der Waals surface area contributed by atoms with Crippen molar-refractivity contribution in [3.63, 3.8) is 0 Å². The number of hydrogen-bond donors (Lipinski definition) is 2. The topological polar surface area (TPSA) is 70.7 Å². The molecule has 0 saturated heterocycles. The van der Waals surface area contributed by atoms with E-state index in [1.54, 1.807) is 30.7 Å². The van der Waals surface area contributed by atoms with E-state index in [2.05, 4.69) is 20.3 Å². The highest BCUT2D eigenvalue weighted by molar-refractivity contribution is 5.89. The summed E-state index contributed by atoms with van der Waals surface area (Å²) in [6, 6.07) is 21.0. The minimum Gasteiger partial charge on any atom is -0.361 e. The maximum Gasteiger partial charge on any atom is 0.224 e. The molecule has 0 saturated carbocycles. The Morgan fingerprint density at radius 2 is 1.70 bits per heavy atom. The van der Waals surface area contributed by atoms with Crippen LogP contribution in [-0.2, 0) is 11.2 Å². The van der Waals surface area contributed by atoms with Gasteiger partial charge in [-0.05, 0) is 59.7 Å². The van der Waals surface area contributed by atoms with Crippen LogP contribution in [0.3, 0.4) is 0 Å². The zero-order valence-electron chi connectivity index (χ0n) is 21.2. The fourth-order valence-electron chi connectivity index (χ4n) is 5.05. The number of amides is 1. The van der Waals surface area contributed by atoms with E-state index >= 15 is 0 Å². The van der Waals surface area contributed by atoms with Gasteiger partial charge in [0.05, 0.1) is 17.6 Å². The largest absolute Gasteiger partial charge is 0.361 e. The number of carbonyl (C=O) groups excluding carboxylic acids is 1. The molecule has 0 aliphatic carbocycles. The van der Waals surface area contributed by atoms with E-state index in [1.165, 1.54) is 24.3 Å². The Morgan fingerprint density at radius 3 is 2.55 bits per heavy atom. The van der Waals surface area contributed by atoms with Gasteiger partial charge < -0.3 is 10.3 Å². The SMILES string of the molecule is O=C(Cc1c[nH]c2ccc(F)cc12)NCC(c1cc(F)cc(F)c1)c1ncccc1-c1cnc2ccccc2c1. The van der Waals surface area contributed by atoms with E-state index in [4.69, 9.17) is 0 Å². The first-order valence-electron chi connectivity index (χ1n) is 12.7. The van der Waals surface area contributed by atoms with Crippen molar-refractivity contribution in [2.24, 2.45) is 0 Å². The number of para-hydroxylation sites is 1. The van der Waals surface area contributed by atoms with Gasteiger partial charge in [-0.1, -0.05) is 24.3 Å². The quantitative estimate of drug-likeness (QED) is 0.239. The van der Waals surface area contributed by atoms with Crippen LogP contribution in [0.5, 0.6) is 0 Å². The average molecular weight is 537 g/mol. The molecule has 6 rings (SSSR count). The number of rotatable bonds is 7. The molecule has 1 atom stereocenters. The van der Waals surface area contributed by atoms with Gasteiger partial charge in [-0.15, -0.1) is 0 Å². The van der Waals surface area contributed by atoms with Crippen LogP contribution in [0.4, 0.5) is 13.2 Å². The molecule has 1 amide bonds. The molecule has 3 heterocycles. The third-order valence-corrected chi connectivity index (χ3v) is 6.94. The summed E-state index contributed by atoms with van der Waals surface area (Å²) in [5.41, 5.74) is 4.60. The van der Waals surface area contributed by atoms with Gasteiger partial charge in [0.2, 0.25) is 5.91 Å². The van der Waals surface area contributed by atoms with Crippen molar-refractivity contribution >= 4 is 27.7 Å². The Labute approximate surface area is 227 Å². The molecule has 40 heavy (non-hydrogen) atoms. The Kier molecular flexibility index (Phi) is 6.74. The normalized spacial score (nSPS) is 12.1. The number of nitrogens with zero attached hydrogens (tertiary/aromatic N) is 2. The van der Waals surface area contributed by atoms with Crippen LogP contribution in [0.1, 0.15) is 22.7 Å². The summed E-state index contributed by atoms with van der Waals surface area (Å²) >= 11 is 0. The average Bonchev–Trinajstić information content (AvgIpc) is 3.34. The Hall–Kier alpha value is -4.98. The molecule has 3 aromatic carbocycles. The van der Waals surface area contributed by atoms with Gasteiger partial charge in [-0.3, -0.25) is 14.8 Å². The minimum absolute atomic E-state index is 0.00262. The molecule has 0 aliphatic heterocycles. The van der Waals surface area contributed by atoms with Crippen molar-refractivity contribution in [3.8, 4) is 11.1 Å². The summed E-state index contributed by atoms with van der Waals surface area (Å²) in [4.78, 5) is 25.2. The van der Waals surface area contributed by atoms with Gasteiger partial charge in [0.15, 0.2) is 0 Å². The van der Waals surface area contributed by atoms with Crippen LogP contribution >= 0.6 is 0 Å². The third kappa shape index (κ3) is 5.16. The summed E-state index contributed by atoms with van der Waals surface area (Å²) in [6.07, 6.45) is 5.02. The molecule has 0 radical (unpaired) electrons. The fourth-order valence-corrected chi connectivity index (χ4v) is 5.05. The van der Waals surface area contributed by atoms with Crippen molar-refractivity contribution < 1.29 is 18.0 Å². The number of fused-ring (bicyclic) bond motifs is 2. The Morgan fingerprint density at radius 1 is 0.875 bits per heavy atom. The van der Waals surface area contributed by atoms with Crippen molar-refractivity contribution in [1.82, 2.24) is 20.3 Å². The van der Waals surface area contributed by atoms with Gasteiger partial charge in [0.25, 0.3) is 0 Å². The lowest BCUT2D eigenvalue weighted by atomic mass is 9.89. The van der Waals surface area contributed by atoms with Gasteiger partial charge in [-0.2, -0.15) is 0 Å². The maximum absolute atomic E-state index is 14.3. The van der Waals surface area contributed by atoms with Crippen LogP contribution in [0.25, 0.3) is 32.9 Å². The first kappa shape index (κ1) is 25.3. The highest BCUT2D eigenvalue weighted by Gasteiger charge is 2.23. The van der Waals surface area contributed by atoms with Crippen LogP contribution < -0.4 is 5.32 Å². The molecule has 0 fully saturated rings. The molecule has 198 valence electrons. The third-order valence-electron chi connectivity index (χ3n) is 6.94. The van der Waals surface area contributed by atoms with Crippen LogP contribution in [0.15, 0.2) is 97.5 Å². The van der Waals surface area contributed by atoms with Crippen LogP contribution in [-0.4, -0.2) is 27.4 Å². The Balaban J connectivity index is 1.34. The number of aromatic nitrogens is 3. The number of H-pyrrole nitrogens is 1. The second kappa shape index (κ2) is 10.6. The lowest BCUT2D eigenvalue weighted by Gasteiger charge is -2.21. The summed E-state index contributed by atoms with van der Waals surface area (Å²) < 4.78 is 42.5. The molecule has 5 nitrogen and oxygen atoms in total. The molecule has 0 aliphatic rings. The van der Waals surface area contributed by atoms with E-state index in [0.717, 1.165) is 33.6 Å². The second-order valence-electron chi connectivity index (χ2n) is 9.59. The minimum atomic E-state index is -0.725. The van der Waals surface area contributed by atoms with Crippen LogP contribution in [0.2, 0.25) is 0 Å². The number of halogens is 3. The zero-order valence-corrected chi connectivity index (χ0v) is 21.2. The van der Waals surface area contributed by atoms with Crippen molar-refractivity contribution in [3.05, 3.63) is 132 Å². The molecule has 3 aromatic heterocycles. The predicted octanol–water partition coefficient (Wildman–Crippen LogP) is 6.69.